The van der Waals surface area contributed by atoms with Crippen LogP contribution in [0.15, 0.2) is 23.2 Å². The SMILES string of the molecule is O=C1C=C(F)C(=C2CCCCC2)O1. The van der Waals surface area contributed by atoms with E-state index in [1.807, 2.05) is 0 Å². The van der Waals surface area contributed by atoms with Crippen LogP contribution in [-0.4, -0.2) is 5.97 Å². The zero-order chi connectivity index (χ0) is 9.26. The molecule has 0 radical (unpaired) electrons. The molecule has 3 heteroatoms. The van der Waals surface area contributed by atoms with E-state index in [-0.39, 0.29) is 5.76 Å². The molecule has 2 aliphatic rings. The molecule has 0 N–H and O–H groups in total. The van der Waals surface area contributed by atoms with Crippen molar-refractivity contribution in [2.75, 3.05) is 0 Å². The molecule has 0 unspecified atom stereocenters. The largest absolute Gasteiger partial charge is 0.420 e. The minimum Gasteiger partial charge on any atom is -0.420 e. The van der Waals surface area contributed by atoms with Crippen LogP contribution in [0.5, 0.6) is 0 Å². The van der Waals surface area contributed by atoms with Crippen molar-refractivity contribution in [2.45, 2.75) is 32.1 Å². The number of rotatable bonds is 0. The van der Waals surface area contributed by atoms with Gasteiger partial charge < -0.3 is 4.74 Å². The van der Waals surface area contributed by atoms with Crippen LogP contribution in [0, 0.1) is 0 Å². The third-order valence-corrected chi connectivity index (χ3v) is 2.44. The van der Waals surface area contributed by atoms with E-state index in [4.69, 9.17) is 4.74 Å². The average Bonchev–Trinajstić information content (AvgIpc) is 2.47. The van der Waals surface area contributed by atoms with Gasteiger partial charge in [0.05, 0.1) is 6.08 Å². The van der Waals surface area contributed by atoms with E-state index in [9.17, 15) is 9.18 Å². The van der Waals surface area contributed by atoms with E-state index >= 15 is 0 Å². The molecule has 2 rings (SSSR count). The van der Waals surface area contributed by atoms with Gasteiger partial charge in [-0.05, 0) is 31.3 Å². The lowest BCUT2D eigenvalue weighted by molar-refractivity contribution is -0.132. The first-order valence-electron chi connectivity index (χ1n) is 4.59. The summed E-state index contributed by atoms with van der Waals surface area (Å²) < 4.78 is 17.9. The van der Waals surface area contributed by atoms with E-state index in [1.54, 1.807) is 0 Å². The summed E-state index contributed by atoms with van der Waals surface area (Å²) >= 11 is 0. The Morgan fingerprint density at radius 3 is 2.46 bits per heavy atom. The lowest BCUT2D eigenvalue weighted by Crippen LogP contribution is -2.00. The van der Waals surface area contributed by atoms with Crippen molar-refractivity contribution >= 4 is 5.97 Å². The van der Waals surface area contributed by atoms with Crippen molar-refractivity contribution in [2.24, 2.45) is 0 Å². The molecule has 0 bridgehead atoms. The molecule has 1 aliphatic heterocycles. The van der Waals surface area contributed by atoms with Crippen LogP contribution >= 0.6 is 0 Å². The number of esters is 1. The summed E-state index contributed by atoms with van der Waals surface area (Å²) in [4.78, 5) is 10.7. The highest BCUT2D eigenvalue weighted by Gasteiger charge is 2.24. The van der Waals surface area contributed by atoms with Gasteiger partial charge in [0, 0.05) is 0 Å². The van der Waals surface area contributed by atoms with Gasteiger partial charge in [0.15, 0.2) is 11.6 Å². The van der Waals surface area contributed by atoms with E-state index in [2.05, 4.69) is 0 Å². The Morgan fingerprint density at radius 2 is 1.92 bits per heavy atom. The van der Waals surface area contributed by atoms with Crippen molar-refractivity contribution in [3.05, 3.63) is 23.2 Å². The molecule has 70 valence electrons. The highest BCUT2D eigenvalue weighted by molar-refractivity contribution is 5.87. The zero-order valence-corrected chi connectivity index (χ0v) is 7.31. The van der Waals surface area contributed by atoms with Crippen molar-refractivity contribution in [1.29, 1.82) is 0 Å². The molecule has 0 aromatic heterocycles. The lowest BCUT2D eigenvalue weighted by atomic mass is 9.94. The Bertz CT molecular complexity index is 294. The molecule has 0 saturated heterocycles. The molecule has 0 amide bonds. The number of ether oxygens (including phenoxy) is 1. The second kappa shape index (κ2) is 3.32. The maximum atomic E-state index is 13.1. The highest BCUT2D eigenvalue weighted by Crippen LogP contribution is 2.32. The summed E-state index contributed by atoms with van der Waals surface area (Å²) in [6.45, 7) is 0. The van der Waals surface area contributed by atoms with Gasteiger partial charge in [-0.3, -0.25) is 0 Å². The van der Waals surface area contributed by atoms with Gasteiger partial charge in [-0.15, -0.1) is 0 Å². The molecule has 1 heterocycles. The second-order valence-corrected chi connectivity index (χ2v) is 3.41. The van der Waals surface area contributed by atoms with Crippen LogP contribution in [0.4, 0.5) is 4.39 Å². The predicted octanol–water partition coefficient (Wildman–Crippen LogP) is 2.61. The Kier molecular flexibility index (Phi) is 2.17. The number of halogens is 1. The van der Waals surface area contributed by atoms with Crippen LogP contribution in [0.25, 0.3) is 0 Å². The molecule has 1 aliphatic carbocycles. The molecule has 0 spiro atoms. The summed E-state index contributed by atoms with van der Waals surface area (Å²) in [5.74, 6) is -0.878. The summed E-state index contributed by atoms with van der Waals surface area (Å²) in [6.07, 6.45) is 5.98. The standard InChI is InChI=1S/C10H11FO2/c11-8-6-9(12)13-10(8)7-4-2-1-3-5-7/h6H,1-5H2. The predicted molar refractivity (Wildman–Crippen MR) is 45.4 cm³/mol. The van der Waals surface area contributed by atoms with E-state index in [1.165, 1.54) is 6.42 Å². The topological polar surface area (TPSA) is 26.3 Å². The summed E-state index contributed by atoms with van der Waals surface area (Å²) in [7, 11) is 0. The van der Waals surface area contributed by atoms with Gasteiger partial charge in [0.2, 0.25) is 0 Å². The quantitative estimate of drug-likeness (QED) is 0.538. The van der Waals surface area contributed by atoms with Crippen molar-refractivity contribution in [3.63, 3.8) is 0 Å². The third kappa shape index (κ3) is 1.64. The fourth-order valence-electron chi connectivity index (χ4n) is 1.79. The molecular formula is C10H11FO2. The van der Waals surface area contributed by atoms with E-state index < -0.39 is 11.8 Å². The smallest absolute Gasteiger partial charge is 0.339 e. The Morgan fingerprint density at radius 1 is 1.23 bits per heavy atom. The van der Waals surface area contributed by atoms with Crippen LogP contribution in [0.2, 0.25) is 0 Å². The van der Waals surface area contributed by atoms with Crippen LogP contribution < -0.4 is 0 Å². The number of hydrogen-bond donors (Lipinski definition) is 0. The Hall–Kier alpha value is -1.12. The van der Waals surface area contributed by atoms with Gasteiger partial charge in [-0.1, -0.05) is 6.42 Å². The molecule has 0 aromatic carbocycles. The molecule has 1 fully saturated rings. The molecule has 1 saturated carbocycles. The monoisotopic (exact) mass is 182 g/mol. The van der Waals surface area contributed by atoms with Crippen molar-refractivity contribution < 1.29 is 13.9 Å². The minimum absolute atomic E-state index is 0.199. The van der Waals surface area contributed by atoms with Crippen LogP contribution in [-0.2, 0) is 9.53 Å². The fourth-order valence-corrected chi connectivity index (χ4v) is 1.79. The Labute approximate surface area is 76.1 Å². The first-order chi connectivity index (χ1) is 6.27. The average molecular weight is 182 g/mol. The summed E-state index contributed by atoms with van der Waals surface area (Å²) in [5, 5.41) is 0. The van der Waals surface area contributed by atoms with Crippen molar-refractivity contribution in [3.8, 4) is 0 Å². The number of cyclic esters (lactones) is 1. The van der Waals surface area contributed by atoms with Crippen molar-refractivity contribution in [1.82, 2.24) is 0 Å². The van der Waals surface area contributed by atoms with Gasteiger partial charge in [0.25, 0.3) is 0 Å². The van der Waals surface area contributed by atoms with Gasteiger partial charge in [-0.2, -0.15) is 0 Å². The van der Waals surface area contributed by atoms with Crippen LogP contribution in [0.1, 0.15) is 32.1 Å². The zero-order valence-electron chi connectivity index (χ0n) is 7.31. The van der Waals surface area contributed by atoms with Crippen LogP contribution in [0.3, 0.4) is 0 Å². The van der Waals surface area contributed by atoms with E-state index in [0.717, 1.165) is 37.3 Å². The molecular weight excluding hydrogens is 171 g/mol. The first kappa shape index (κ1) is 8.48. The van der Waals surface area contributed by atoms with Gasteiger partial charge >= 0.3 is 5.97 Å². The molecule has 13 heavy (non-hydrogen) atoms. The number of hydrogen-bond acceptors (Lipinski definition) is 2. The second-order valence-electron chi connectivity index (χ2n) is 3.41. The molecule has 0 aromatic rings. The number of allylic oxidation sites excluding steroid dienone is 2. The third-order valence-electron chi connectivity index (χ3n) is 2.44. The normalized spacial score (nSPS) is 23.2. The number of carbonyl (C=O) groups excluding carboxylic acids is 1. The number of carbonyl (C=O) groups is 1. The van der Waals surface area contributed by atoms with E-state index in [0.29, 0.717) is 0 Å². The summed E-state index contributed by atoms with van der Waals surface area (Å²) in [6, 6.07) is 0. The maximum absolute atomic E-state index is 13.1. The minimum atomic E-state index is -0.578. The highest BCUT2D eigenvalue weighted by atomic mass is 19.1. The first-order valence-corrected chi connectivity index (χ1v) is 4.59. The van der Waals surface area contributed by atoms with Gasteiger partial charge in [0.1, 0.15) is 0 Å². The summed E-state index contributed by atoms with van der Waals surface area (Å²) in [5.41, 5.74) is 0.964. The Balaban J connectivity index is 2.23. The van der Waals surface area contributed by atoms with Gasteiger partial charge in [-0.25, -0.2) is 9.18 Å². The molecule has 2 nitrogen and oxygen atoms in total. The maximum Gasteiger partial charge on any atom is 0.339 e. The lowest BCUT2D eigenvalue weighted by Gasteiger charge is -2.15. The fraction of sp³-hybridized carbons (Fsp3) is 0.500. The molecule has 0 atom stereocenters.